The highest BCUT2D eigenvalue weighted by molar-refractivity contribution is 9.10. The summed E-state index contributed by atoms with van der Waals surface area (Å²) in [6, 6.07) is 18.6. The summed E-state index contributed by atoms with van der Waals surface area (Å²) < 4.78 is 9.32. The van der Waals surface area contributed by atoms with Gasteiger partial charge in [-0.2, -0.15) is 0 Å². The number of hydrogen-bond acceptors (Lipinski definition) is 4. The van der Waals surface area contributed by atoms with E-state index in [2.05, 4.69) is 21.2 Å². The second-order valence-corrected chi connectivity index (χ2v) is 9.01. The molecule has 3 aromatic carbocycles. The maximum atomic E-state index is 12.9. The van der Waals surface area contributed by atoms with E-state index >= 15 is 0 Å². The molecule has 1 amide bonds. The van der Waals surface area contributed by atoms with Crippen LogP contribution in [-0.2, 0) is 14.1 Å². The lowest BCUT2D eigenvalue weighted by atomic mass is 10.2. The molecule has 4 rings (SSSR count). The molecule has 0 spiro atoms. The summed E-state index contributed by atoms with van der Waals surface area (Å²) in [5.74, 6) is 0.554. The molecule has 0 atom stereocenters. The van der Waals surface area contributed by atoms with E-state index < -0.39 is 0 Å². The van der Waals surface area contributed by atoms with Gasteiger partial charge in [0, 0.05) is 33.9 Å². The Kier molecular flexibility index (Phi) is 5.93. The number of hydrogen-bond donors (Lipinski definition) is 1. The third-order valence-corrected chi connectivity index (χ3v) is 6.61. The van der Waals surface area contributed by atoms with E-state index in [0.717, 1.165) is 31.0 Å². The number of fused-ring (bicyclic) bond motifs is 1. The Balaban J connectivity index is 1.77. The van der Waals surface area contributed by atoms with E-state index in [4.69, 9.17) is 4.74 Å². The third-order valence-electron chi connectivity index (χ3n) is 5.02. The van der Waals surface area contributed by atoms with Crippen molar-refractivity contribution in [3.8, 4) is 5.75 Å². The number of carbonyl (C=O) groups is 1. The predicted octanol–water partition coefficient (Wildman–Crippen LogP) is 5.05. The number of aryl methyl sites for hydroxylation is 2. The second kappa shape index (κ2) is 8.64. The predicted molar refractivity (Wildman–Crippen MR) is 127 cm³/mol. The number of amides is 1. The standard InChI is InChI=1S/C23H20BrN3O3S/c1-26-19-12-18(25-22(28)14-4-6-15(24)7-5-14)21(13-20(19)27(2)23(26)29)31-17-10-8-16(30-3)9-11-17/h4-13H,1-3H3,(H,25,28). The summed E-state index contributed by atoms with van der Waals surface area (Å²) in [5, 5.41) is 3.01. The zero-order chi connectivity index (χ0) is 22.1. The Morgan fingerprint density at radius 2 is 1.58 bits per heavy atom. The topological polar surface area (TPSA) is 65.3 Å². The number of imidazole rings is 1. The Labute approximate surface area is 192 Å². The summed E-state index contributed by atoms with van der Waals surface area (Å²) in [7, 11) is 5.09. The quantitative estimate of drug-likeness (QED) is 0.418. The van der Waals surface area contributed by atoms with Crippen molar-refractivity contribution in [1.82, 2.24) is 9.13 Å². The van der Waals surface area contributed by atoms with Crippen molar-refractivity contribution in [3.63, 3.8) is 0 Å². The average Bonchev–Trinajstić information content (AvgIpc) is 2.98. The first-order chi connectivity index (χ1) is 14.9. The van der Waals surface area contributed by atoms with Crippen LogP contribution in [0.25, 0.3) is 11.0 Å². The minimum absolute atomic E-state index is 0.119. The van der Waals surface area contributed by atoms with Gasteiger partial charge in [-0.1, -0.05) is 27.7 Å². The van der Waals surface area contributed by atoms with Gasteiger partial charge in [0.15, 0.2) is 0 Å². The van der Waals surface area contributed by atoms with Crippen molar-refractivity contribution < 1.29 is 9.53 Å². The van der Waals surface area contributed by atoms with Crippen LogP contribution in [0.2, 0.25) is 0 Å². The molecular weight excluding hydrogens is 478 g/mol. The summed E-state index contributed by atoms with van der Waals surface area (Å²) in [6.45, 7) is 0. The number of nitrogens with one attached hydrogen (secondary N) is 1. The van der Waals surface area contributed by atoms with Crippen molar-refractivity contribution in [2.24, 2.45) is 14.1 Å². The van der Waals surface area contributed by atoms with Crippen molar-refractivity contribution in [1.29, 1.82) is 0 Å². The van der Waals surface area contributed by atoms with E-state index in [1.54, 1.807) is 42.5 Å². The molecule has 0 aliphatic rings. The Hall–Kier alpha value is -2.97. The molecule has 8 heteroatoms. The molecule has 1 N–H and O–H groups in total. The molecule has 158 valence electrons. The molecule has 0 saturated heterocycles. The fourth-order valence-electron chi connectivity index (χ4n) is 3.27. The summed E-state index contributed by atoms with van der Waals surface area (Å²) >= 11 is 4.90. The molecule has 0 saturated carbocycles. The minimum Gasteiger partial charge on any atom is -0.497 e. The lowest BCUT2D eigenvalue weighted by Gasteiger charge is -2.13. The van der Waals surface area contributed by atoms with Crippen LogP contribution in [0.1, 0.15) is 10.4 Å². The van der Waals surface area contributed by atoms with Crippen LogP contribution < -0.4 is 15.7 Å². The second-order valence-electron chi connectivity index (χ2n) is 6.98. The van der Waals surface area contributed by atoms with Gasteiger partial charge in [0.1, 0.15) is 5.75 Å². The van der Waals surface area contributed by atoms with Gasteiger partial charge in [-0.3, -0.25) is 13.9 Å². The van der Waals surface area contributed by atoms with Gasteiger partial charge < -0.3 is 10.1 Å². The van der Waals surface area contributed by atoms with Crippen molar-refractivity contribution in [2.45, 2.75) is 9.79 Å². The maximum absolute atomic E-state index is 12.9. The number of anilines is 1. The largest absolute Gasteiger partial charge is 0.497 e. The monoisotopic (exact) mass is 497 g/mol. The molecule has 1 heterocycles. The number of aromatic nitrogens is 2. The van der Waals surface area contributed by atoms with Gasteiger partial charge in [0.25, 0.3) is 5.91 Å². The van der Waals surface area contributed by atoms with Gasteiger partial charge in [-0.25, -0.2) is 4.79 Å². The van der Waals surface area contributed by atoms with Gasteiger partial charge in [-0.05, 0) is 60.7 Å². The fraction of sp³-hybridized carbons (Fsp3) is 0.130. The smallest absolute Gasteiger partial charge is 0.328 e. The number of methoxy groups -OCH3 is 1. The molecule has 0 radical (unpaired) electrons. The Morgan fingerprint density at radius 1 is 0.968 bits per heavy atom. The van der Waals surface area contributed by atoms with E-state index in [0.29, 0.717) is 11.3 Å². The number of benzene rings is 3. The number of halogens is 1. The number of rotatable bonds is 5. The van der Waals surface area contributed by atoms with Crippen LogP contribution >= 0.6 is 27.7 Å². The molecule has 31 heavy (non-hydrogen) atoms. The molecule has 0 unspecified atom stereocenters. The van der Waals surface area contributed by atoms with E-state index in [-0.39, 0.29) is 11.6 Å². The number of ether oxygens (including phenoxy) is 1. The molecule has 4 aromatic rings. The van der Waals surface area contributed by atoms with Crippen LogP contribution in [0.4, 0.5) is 5.69 Å². The third kappa shape index (κ3) is 4.26. The molecular formula is C23H20BrN3O3S. The van der Waals surface area contributed by atoms with Gasteiger partial charge in [0.05, 0.1) is 23.8 Å². The zero-order valence-electron chi connectivity index (χ0n) is 17.2. The van der Waals surface area contributed by atoms with Crippen LogP contribution in [-0.4, -0.2) is 22.2 Å². The average molecular weight is 498 g/mol. The van der Waals surface area contributed by atoms with Crippen LogP contribution in [0.5, 0.6) is 5.75 Å². The molecule has 1 aromatic heterocycles. The van der Waals surface area contributed by atoms with Crippen LogP contribution in [0.15, 0.2) is 79.7 Å². The van der Waals surface area contributed by atoms with Crippen molar-refractivity contribution in [2.75, 3.05) is 12.4 Å². The zero-order valence-corrected chi connectivity index (χ0v) is 19.6. The highest BCUT2D eigenvalue weighted by Crippen LogP contribution is 2.37. The molecule has 0 aliphatic carbocycles. The Morgan fingerprint density at radius 3 is 2.19 bits per heavy atom. The highest BCUT2D eigenvalue weighted by Gasteiger charge is 2.16. The summed E-state index contributed by atoms with van der Waals surface area (Å²) in [6.07, 6.45) is 0. The molecule has 0 bridgehead atoms. The van der Waals surface area contributed by atoms with Gasteiger partial charge in [-0.15, -0.1) is 0 Å². The van der Waals surface area contributed by atoms with E-state index in [1.165, 1.54) is 11.8 Å². The van der Waals surface area contributed by atoms with E-state index in [1.807, 2.05) is 48.5 Å². The molecule has 6 nitrogen and oxygen atoms in total. The van der Waals surface area contributed by atoms with Gasteiger partial charge >= 0.3 is 5.69 Å². The van der Waals surface area contributed by atoms with Crippen molar-refractivity contribution in [3.05, 3.63) is 81.2 Å². The van der Waals surface area contributed by atoms with Crippen molar-refractivity contribution >= 4 is 50.3 Å². The first-order valence-electron chi connectivity index (χ1n) is 9.45. The normalized spacial score (nSPS) is 11.0. The number of nitrogens with zero attached hydrogens (tertiary/aromatic N) is 2. The lowest BCUT2D eigenvalue weighted by Crippen LogP contribution is -2.19. The minimum atomic E-state index is -0.218. The molecule has 0 fully saturated rings. The van der Waals surface area contributed by atoms with Crippen LogP contribution in [0, 0.1) is 0 Å². The SMILES string of the molecule is COc1ccc(Sc2cc3c(cc2NC(=O)c2ccc(Br)cc2)n(C)c(=O)n3C)cc1. The highest BCUT2D eigenvalue weighted by atomic mass is 79.9. The van der Waals surface area contributed by atoms with Gasteiger partial charge in [0.2, 0.25) is 0 Å². The first-order valence-corrected chi connectivity index (χ1v) is 11.1. The first kappa shape index (κ1) is 21.3. The maximum Gasteiger partial charge on any atom is 0.328 e. The Bertz CT molecular complexity index is 1330. The summed E-state index contributed by atoms with van der Waals surface area (Å²) in [5.41, 5.74) is 2.61. The summed E-state index contributed by atoms with van der Waals surface area (Å²) in [4.78, 5) is 27.1. The molecule has 0 aliphatic heterocycles. The van der Waals surface area contributed by atoms with Crippen LogP contribution in [0.3, 0.4) is 0 Å². The van der Waals surface area contributed by atoms with E-state index in [9.17, 15) is 9.59 Å². The lowest BCUT2D eigenvalue weighted by molar-refractivity contribution is 0.102. The number of carbonyl (C=O) groups excluding carboxylic acids is 1. The fourth-order valence-corrected chi connectivity index (χ4v) is 4.46.